The van der Waals surface area contributed by atoms with Gasteiger partial charge in [-0.05, 0) is 65.2 Å². The second kappa shape index (κ2) is 9.13. The normalized spacial score (nSPS) is 11.0. The summed E-state index contributed by atoms with van der Waals surface area (Å²) in [6.07, 6.45) is 1.54. The van der Waals surface area contributed by atoms with Crippen LogP contribution in [0.15, 0.2) is 90.0 Å². The Morgan fingerprint density at radius 3 is 2.35 bits per heavy atom. The van der Waals surface area contributed by atoms with Crippen molar-refractivity contribution in [2.45, 2.75) is 13.5 Å². The molecule has 0 saturated carbocycles. The summed E-state index contributed by atoms with van der Waals surface area (Å²) in [6.45, 7) is 2.55. The Bertz CT molecular complexity index is 1230. The van der Waals surface area contributed by atoms with Gasteiger partial charge in [-0.15, -0.1) is 0 Å². The van der Waals surface area contributed by atoms with E-state index in [9.17, 15) is 9.90 Å². The van der Waals surface area contributed by atoms with Gasteiger partial charge in [0, 0.05) is 0 Å². The lowest BCUT2D eigenvalue weighted by molar-refractivity contribution is 0.0952. The summed E-state index contributed by atoms with van der Waals surface area (Å²) in [7, 11) is 0. The number of nitrogens with one attached hydrogen (secondary N) is 1. The molecule has 0 aliphatic rings. The Hall–Kier alpha value is -4.12. The van der Waals surface area contributed by atoms with Crippen LogP contribution in [0.5, 0.6) is 11.5 Å². The smallest absolute Gasteiger partial charge is 0.275 e. The Morgan fingerprint density at radius 1 is 0.968 bits per heavy atom. The highest BCUT2D eigenvalue weighted by Gasteiger charge is 2.11. The first-order valence-corrected chi connectivity index (χ1v) is 9.92. The van der Waals surface area contributed by atoms with E-state index in [2.05, 4.69) is 29.6 Å². The maximum atomic E-state index is 12.4. The summed E-state index contributed by atoms with van der Waals surface area (Å²) in [5.41, 5.74) is 5.77. The van der Waals surface area contributed by atoms with Crippen LogP contribution in [0, 0.1) is 6.92 Å². The molecule has 5 nitrogen and oxygen atoms in total. The van der Waals surface area contributed by atoms with Crippen molar-refractivity contribution in [2.24, 2.45) is 5.10 Å². The Labute approximate surface area is 180 Å². The minimum absolute atomic E-state index is 0.0820. The van der Waals surface area contributed by atoms with Crippen molar-refractivity contribution < 1.29 is 14.6 Å². The van der Waals surface area contributed by atoms with Crippen LogP contribution >= 0.6 is 0 Å². The van der Waals surface area contributed by atoms with Crippen molar-refractivity contribution in [3.63, 3.8) is 0 Å². The molecule has 4 aromatic rings. The fourth-order valence-electron chi connectivity index (χ4n) is 3.14. The number of ether oxygens (including phenoxy) is 1. The van der Waals surface area contributed by atoms with Gasteiger partial charge in [0.05, 0.1) is 11.8 Å². The number of benzene rings is 4. The molecule has 0 fully saturated rings. The zero-order chi connectivity index (χ0) is 21.6. The lowest BCUT2D eigenvalue weighted by atomic mass is 10.1. The highest BCUT2D eigenvalue weighted by Crippen LogP contribution is 2.24. The molecule has 4 rings (SSSR count). The fraction of sp³-hybridized carbons (Fsp3) is 0.0769. The third-order valence-electron chi connectivity index (χ3n) is 4.89. The van der Waals surface area contributed by atoms with Crippen molar-refractivity contribution >= 4 is 22.9 Å². The molecule has 0 radical (unpaired) electrons. The maximum Gasteiger partial charge on any atom is 0.275 e. The fourth-order valence-corrected chi connectivity index (χ4v) is 3.14. The quantitative estimate of drug-likeness (QED) is 0.339. The van der Waals surface area contributed by atoms with Crippen molar-refractivity contribution in [1.29, 1.82) is 0 Å². The van der Waals surface area contributed by atoms with Crippen LogP contribution in [-0.2, 0) is 6.61 Å². The Morgan fingerprint density at radius 2 is 1.65 bits per heavy atom. The highest BCUT2D eigenvalue weighted by atomic mass is 16.5. The number of rotatable bonds is 6. The van der Waals surface area contributed by atoms with Crippen LogP contribution in [0.4, 0.5) is 0 Å². The van der Waals surface area contributed by atoms with E-state index >= 15 is 0 Å². The van der Waals surface area contributed by atoms with Crippen LogP contribution < -0.4 is 10.2 Å². The molecule has 0 spiro atoms. The number of carbonyl (C=O) groups is 1. The summed E-state index contributed by atoms with van der Waals surface area (Å²) < 4.78 is 5.79. The van der Waals surface area contributed by atoms with E-state index in [1.807, 2.05) is 60.7 Å². The summed E-state index contributed by atoms with van der Waals surface area (Å²) in [6, 6.07) is 26.4. The molecule has 0 heterocycles. The third kappa shape index (κ3) is 5.08. The van der Waals surface area contributed by atoms with Crippen molar-refractivity contribution in [2.75, 3.05) is 0 Å². The minimum Gasteiger partial charge on any atom is -0.507 e. The Kier molecular flexibility index (Phi) is 5.94. The standard InChI is InChI=1S/C26H22N2O3/c1-18-6-8-20(9-7-18)17-31-23-12-10-19(11-13-23)16-27-28-26(30)24-14-21-4-2-3-5-22(21)15-25(24)29/h2-16,29H,17H2,1H3,(H,28,30)/b27-16-. The lowest BCUT2D eigenvalue weighted by Crippen LogP contribution is -2.17. The number of fused-ring (bicyclic) bond motifs is 1. The number of aryl methyl sites for hydroxylation is 1. The number of phenols is 1. The van der Waals surface area contributed by atoms with Crippen LogP contribution in [-0.4, -0.2) is 17.2 Å². The van der Waals surface area contributed by atoms with Gasteiger partial charge in [0.15, 0.2) is 0 Å². The zero-order valence-corrected chi connectivity index (χ0v) is 17.1. The first-order valence-electron chi connectivity index (χ1n) is 9.92. The number of nitrogens with zero attached hydrogens (tertiary/aromatic N) is 1. The first kappa shape index (κ1) is 20.2. The average Bonchev–Trinajstić information content (AvgIpc) is 2.79. The van der Waals surface area contributed by atoms with E-state index in [1.165, 1.54) is 5.56 Å². The van der Waals surface area contributed by atoms with E-state index in [0.29, 0.717) is 6.61 Å². The number of hydrogen-bond acceptors (Lipinski definition) is 4. The van der Waals surface area contributed by atoms with Crippen molar-refractivity contribution in [1.82, 2.24) is 5.43 Å². The molecule has 2 N–H and O–H groups in total. The van der Waals surface area contributed by atoms with Gasteiger partial charge in [0.25, 0.3) is 5.91 Å². The third-order valence-corrected chi connectivity index (χ3v) is 4.89. The molecule has 5 heteroatoms. The molecule has 0 atom stereocenters. The molecule has 0 aromatic heterocycles. The predicted octanol–water partition coefficient (Wildman–Crippen LogP) is 5.20. The molecule has 0 aliphatic carbocycles. The van der Waals surface area contributed by atoms with Gasteiger partial charge in [0.2, 0.25) is 0 Å². The van der Waals surface area contributed by atoms with Crippen LogP contribution in [0.3, 0.4) is 0 Å². The molecular formula is C26H22N2O3. The SMILES string of the molecule is Cc1ccc(COc2ccc(/C=N\NC(=O)c3cc4ccccc4cc3O)cc2)cc1. The van der Waals surface area contributed by atoms with Gasteiger partial charge in [-0.25, -0.2) is 5.43 Å². The van der Waals surface area contributed by atoms with Crippen LogP contribution in [0.25, 0.3) is 10.8 Å². The molecule has 1 amide bonds. The Balaban J connectivity index is 1.35. The average molecular weight is 410 g/mol. The predicted molar refractivity (Wildman–Crippen MR) is 123 cm³/mol. The molecule has 154 valence electrons. The van der Waals surface area contributed by atoms with E-state index in [-0.39, 0.29) is 11.3 Å². The van der Waals surface area contributed by atoms with E-state index in [1.54, 1.807) is 18.3 Å². The largest absolute Gasteiger partial charge is 0.507 e. The summed E-state index contributed by atoms with van der Waals surface area (Å²) in [5, 5.41) is 15.9. The van der Waals surface area contributed by atoms with Gasteiger partial charge in [0.1, 0.15) is 18.1 Å². The molecule has 0 bridgehead atoms. The number of hydrazone groups is 1. The number of phenolic OH excluding ortho intramolecular Hbond substituents is 1. The zero-order valence-electron chi connectivity index (χ0n) is 17.1. The number of hydrogen-bond donors (Lipinski definition) is 2. The molecule has 0 aliphatic heterocycles. The minimum atomic E-state index is -0.474. The molecule has 31 heavy (non-hydrogen) atoms. The monoisotopic (exact) mass is 410 g/mol. The van der Waals surface area contributed by atoms with Gasteiger partial charge in [-0.3, -0.25) is 4.79 Å². The van der Waals surface area contributed by atoms with Crippen molar-refractivity contribution in [3.05, 3.63) is 107 Å². The lowest BCUT2D eigenvalue weighted by Gasteiger charge is -2.07. The summed E-state index contributed by atoms with van der Waals surface area (Å²) in [4.78, 5) is 12.4. The summed E-state index contributed by atoms with van der Waals surface area (Å²) in [5.74, 6) is 0.196. The van der Waals surface area contributed by atoms with Crippen LogP contribution in [0.1, 0.15) is 27.0 Å². The molecule has 4 aromatic carbocycles. The summed E-state index contributed by atoms with van der Waals surface area (Å²) >= 11 is 0. The highest BCUT2D eigenvalue weighted by molar-refractivity contribution is 6.01. The van der Waals surface area contributed by atoms with E-state index < -0.39 is 5.91 Å². The second-order valence-electron chi connectivity index (χ2n) is 7.26. The van der Waals surface area contributed by atoms with Gasteiger partial charge >= 0.3 is 0 Å². The first-order chi connectivity index (χ1) is 15.1. The molecular weight excluding hydrogens is 388 g/mol. The van der Waals surface area contributed by atoms with E-state index in [4.69, 9.17) is 4.74 Å². The van der Waals surface area contributed by atoms with Crippen LogP contribution in [0.2, 0.25) is 0 Å². The number of amides is 1. The molecule has 0 saturated heterocycles. The number of aromatic hydroxyl groups is 1. The maximum absolute atomic E-state index is 12.4. The number of carbonyl (C=O) groups excluding carboxylic acids is 1. The topological polar surface area (TPSA) is 70.9 Å². The van der Waals surface area contributed by atoms with Gasteiger partial charge in [-0.2, -0.15) is 5.10 Å². The van der Waals surface area contributed by atoms with Gasteiger partial charge in [-0.1, -0.05) is 54.1 Å². The van der Waals surface area contributed by atoms with E-state index in [0.717, 1.165) is 27.6 Å². The second-order valence-corrected chi connectivity index (χ2v) is 7.26. The molecule has 0 unspecified atom stereocenters. The van der Waals surface area contributed by atoms with Crippen molar-refractivity contribution in [3.8, 4) is 11.5 Å². The van der Waals surface area contributed by atoms with Gasteiger partial charge < -0.3 is 9.84 Å².